The van der Waals surface area contributed by atoms with Crippen LogP contribution in [0.3, 0.4) is 0 Å². The van der Waals surface area contributed by atoms with Gasteiger partial charge in [-0.3, -0.25) is 4.79 Å². The van der Waals surface area contributed by atoms with Crippen LogP contribution in [0.5, 0.6) is 0 Å². The van der Waals surface area contributed by atoms with Gasteiger partial charge in [-0.15, -0.1) is 23.4 Å². The van der Waals surface area contributed by atoms with Crippen LogP contribution in [0.2, 0.25) is 0 Å². The van der Waals surface area contributed by atoms with Crippen LogP contribution in [-0.4, -0.2) is 28.2 Å². The van der Waals surface area contributed by atoms with E-state index in [0.29, 0.717) is 16.2 Å². The van der Waals surface area contributed by atoms with Gasteiger partial charge < -0.3 is 4.52 Å². The fraction of sp³-hybridized carbons (Fsp3) is 0.467. The smallest absolute Gasteiger partial charge is 0.360 e. The zero-order chi connectivity index (χ0) is 16.8. The van der Waals surface area contributed by atoms with E-state index in [4.69, 9.17) is 16.1 Å². The zero-order valence-corrected chi connectivity index (χ0v) is 13.7. The van der Waals surface area contributed by atoms with Gasteiger partial charge in [0.05, 0.1) is 11.8 Å². The summed E-state index contributed by atoms with van der Waals surface area (Å²) in [5.41, 5.74) is 0.552. The lowest BCUT2D eigenvalue weighted by Gasteiger charge is -2.30. The number of halogens is 4. The molecule has 2 aliphatic carbocycles. The van der Waals surface area contributed by atoms with Gasteiger partial charge >= 0.3 is 6.18 Å². The van der Waals surface area contributed by atoms with Gasteiger partial charge in [0, 0.05) is 17.9 Å². The van der Waals surface area contributed by atoms with Gasteiger partial charge in [0.1, 0.15) is 0 Å². The van der Waals surface area contributed by atoms with E-state index in [1.807, 2.05) is 0 Å². The first kappa shape index (κ1) is 16.6. The van der Waals surface area contributed by atoms with Crippen molar-refractivity contribution in [3.8, 4) is 0 Å². The molecular weight excluding hydrogens is 351 g/mol. The van der Waals surface area contributed by atoms with E-state index in [2.05, 4.69) is 5.16 Å². The van der Waals surface area contributed by atoms with E-state index in [1.54, 1.807) is 6.26 Å². The molecule has 1 heterocycles. The largest absolute Gasteiger partial charge is 0.411 e. The molecule has 23 heavy (non-hydrogen) atoms. The summed E-state index contributed by atoms with van der Waals surface area (Å²) in [4.78, 5) is 10.5. The number of hydrogen-bond donors (Lipinski definition) is 0. The Morgan fingerprint density at radius 2 is 2.17 bits per heavy atom. The number of allylic oxidation sites excluding steroid dienone is 4. The van der Waals surface area contributed by atoms with Crippen LogP contribution >= 0.6 is 23.4 Å². The van der Waals surface area contributed by atoms with Gasteiger partial charge in [0.2, 0.25) is 0 Å². The molecule has 8 heteroatoms. The number of rotatable bonds is 4. The molecular formula is C15H13ClF3NO2S. The highest BCUT2D eigenvalue weighted by atomic mass is 35.5. The third-order valence-electron chi connectivity index (χ3n) is 3.99. The van der Waals surface area contributed by atoms with E-state index >= 15 is 0 Å². The van der Waals surface area contributed by atoms with E-state index < -0.39 is 17.5 Å². The number of carbonyl (C=O) groups excluding carboxylic acids is 1. The normalized spacial score (nSPS) is 25.1. The maximum atomic E-state index is 13.1. The van der Waals surface area contributed by atoms with Gasteiger partial charge in [-0.1, -0.05) is 17.3 Å². The third-order valence-corrected chi connectivity index (χ3v) is 5.32. The van der Waals surface area contributed by atoms with E-state index in [9.17, 15) is 18.0 Å². The Balaban J connectivity index is 1.94. The number of thioether (sulfide) groups is 1. The minimum Gasteiger partial charge on any atom is -0.360 e. The molecule has 0 aliphatic heterocycles. The predicted molar refractivity (Wildman–Crippen MR) is 81.7 cm³/mol. The van der Waals surface area contributed by atoms with Crippen LogP contribution in [0.15, 0.2) is 33.4 Å². The second kappa shape index (κ2) is 5.70. The number of nitrogens with zero attached hydrogens (tertiary/aromatic N) is 1. The fourth-order valence-electron chi connectivity index (χ4n) is 2.48. The fourth-order valence-corrected chi connectivity index (χ4v) is 3.51. The maximum absolute atomic E-state index is 13.1. The molecule has 0 aromatic carbocycles. The van der Waals surface area contributed by atoms with Gasteiger partial charge in [-0.05, 0) is 24.0 Å². The van der Waals surface area contributed by atoms with Gasteiger partial charge in [-0.2, -0.15) is 13.2 Å². The molecule has 2 aliphatic rings. The highest BCUT2D eigenvalue weighted by Crippen LogP contribution is 2.48. The molecule has 3 rings (SSSR count). The Morgan fingerprint density at radius 1 is 1.48 bits per heavy atom. The van der Waals surface area contributed by atoms with Crippen molar-refractivity contribution in [1.29, 1.82) is 0 Å². The standard InChI is InChI=1S/C15H13ClF3NO2S/c1-23-11-6-14(16,15(17,18)19)5-4-9(11)12(21)10-7-20-22-13(10)8-2-3-8/h4-5,7-8H,2-3,6H2,1H3. The van der Waals surface area contributed by atoms with Gasteiger partial charge in [0.15, 0.2) is 16.4 Å². The Bertz CT molecular complexity index is 706. The number of aromatic nitrogens is 1. The Hall–Kier alpha value is -1.21. The first-order valence-electron chi connectivity index (χ1n) is 6.98. The zero-order valence-electron chi connectivity index (χ0n) is 12.1. The SMILES string of the molecule is CSC1=C(C(=O)c2cnoc2C2CC2)C=CC(Cl)(C(F)(F)F)C1. The molecule has 1 saturated carbocycles. The topological polar surface area (TPSA) is 43.1 Å². The lowest BCUT2D eigenvalue weighted by atomic mass is 9.91. The molecule has 124 valence electrons. The van der Waals surface area contributed by atoms with Crippen molar-refractivity contribution in [2.24, 2.45) is 0 Å². The monoisotopic (exact) mass is 363 g/mol. The molecule has 0 radical (unpaired) electrons. The number of alkyl halides is 4. The van der Waals surface area contributed by atoms with Gasteiger partial charge in [0.25, 0.3) is 0 Å². The molecule has 0 saturated heterocycles. The summed E-state index contributed by atoms with van der Waals surface area (Å²) in [6.45, 7) is 0. The van der Waals surface area contributed by atoms with Crippen LogP contribution < -0.4 is 0 Å². The van der Waals surface area contributed by atoms with Crippen molar-refractivity contribution in [3.05, 3.63) is 40.2 Å². The third kappa shape index (κ3) is 2.96. The lowest BCUT2D eigenvalue weighted by Crippen LogP contribution is -2.39. The molecule has 1 aromatic rings. The predicted octanol–water partition coefficient (Wildman–Crippen LogP) is 4.85. The summed E-state index contributed by atoms with van der Waals surface area (Å²) in [7, 11) is 0. The van der Waals surface area contributed by atoms with E-state index in [0.717, 1.165) is 30.7 Å². The summed E-state index contributed by atoms with van der Waals surface area (Å²) in [6, 6.07) is 0. The summed E-state index contributed by atoms with van der Waals surface area (Å²) in [6.07, 6.45) is 1.80. The second-order valence-electron chi connectivity index (χ2n) is 5.62. The summed E-state index contributed by atoms with van der Waals surface area (Å²) in [5, 5.41) is 3.66. The Kier molecular flexibility index (Phi) is 4.13. The van der Waals surface area contributed by atoms with E-state index in [-0.39, 0.29) is 17.3 Å². The van der Waals surface area contributed by atoms with Crippen molar-refractivity contribution in [2.75, 3.05) is 6.26 Å². The summed E-state index contributed by atoms with van der Waals surface area (Å²) < 4.78 is 44.4. The maximum Gasteiger partial charge on any atom is 0.411 e. The van der Waals surface area contributed by atoms with E-state index in [1.165, 1.54) is 12.3 Å². The average molecular weight is 364 g/mol. The summed E-state index contributed by atoms with van der Waals surface area (Å²) >= 11 is 6.81. The number of hydrogen-bond acceptors (Lipinski definition) is 4. The van der Waals surface area contributed by atoms with Crippen LogP contribution in [0, 0.1) is 0 Å². The summed E-state index contributed by atoms with van der Waals surface area (Å²) in [5.74, 6) is 0.342. The number of carbonyl (C=O) groups is 1. The quantitative estimate of drug-likeness (QED) is 0.566. The minimum atomic E-state index is -4.59. The first-order valence-corrected chi connectivity index (χ1v) is 8.58. The molecule has 0 N–H and O–H groups in total. The van der Waals surface area contributed by atoms with Crippen molar-refractivity contribution < 1.29 is 22.5 Å². The molecule has 1 aromatic heterocycles. The second-order valence-corrected chi connectivity index (χ2v) is 7.19. The average Bonchev–Trinajstić information content (AvgIpc) is 3.22. The van der Waals surface area contributed by atoms with Crippen LogP contribution in [0.4, 0.5) is 13.2 Å². The highest BCUT2D eigenvalue weighted by Gasteiger charge is 2.53. The Morgan fingerprint density at radius 3 is 2.74 bits per heavy atom. The van der Waals surface area contributed by atoms with Crippen molar-refractivity contribution in [3.63, 3.8) is 0 Å². The molecule has 0 bridgehead atoms. The lowest BCUT2D eigenvalue weighted by molar-refractivity contribution is -0.149. The number of ketones is 1. The van der Waals surface area contributed by atoms with Crippen LogP contribution in [0.1, 0.15) is 41.3 Å². The minimum absolute atomic E-state index is 0.185. The van der Waals surface area contributed by atoms with Crippen LogP contribution in [0.25, 0.3) is 0 Å². The highest BCUT2D eigenvalue weighted by molar-refractivity contribution is 8.02. The Labute approximate surface area is 139 Å². The molecule has 3 nitrogen and oxygen atoms in total. The molecule has 0 spiro atoms. The van der Waals surface area contributed by atoms with Crippen LogP contribution in [-0.2, 0) is 0 Å². The van der Waals surface area contributed by atoms with Gasteiger partial charge in [-0.25, -0.2) is 0 Å². The van der Waals surface area contributed by atoms with Crippen molar-refractivity contribution in [2.45, 2.75) is 36.2 Å². The molecule has 1 atom stereocenters. The molecule has 1 unspecified atom stereocenters. The molecule has 0 amide bonds. The van der Waals surface area contributed by atoms with Crippen molar-refractivity contribution in [1.82, 2.24) is 5.16 Å². The molecule has 1 fully saturated rings. The van der Waals surface area contributed by atoms with Crippen molar-refractivity contribution >= 4 is 29.1 Å². The number of Topliss-reactive ketones (excluding diaryl/α,β-unsaturated/α-hetero) is 1. The first-order chi connectivity index (χ1) is 10.8.